The number of hydrogen-bond acceptors (Lipinski definition) is 3. The van der Waals surface area contributed by atoms with Crippen molar-refractivity contribution < 1.29 is 10.0 Å². The Morgan fingerprint density at radius 2 is 1.94 bits per heavy atom. The smallest absolute Gasteiger partial charge is 0.223 e. The van der Waals surface area contributed by atoms with Gasteiger partial charge in [-0.1, -0.05) is 39.8 Å². The molecule has 1 unspecified atom stereocenters. The Hall–Kier alpha value is -1.26. The molecule has 0 rings (SSSR count). The van der Waals surface area contributed by atoms with Crippen LogP contribution in [0, 0.1) is 17.3 Å². The number of nitrogens with one attached hydrogen (secondary N) is 1. The Balaban J connectivity index is 4.31. The highest BCUT2D eigenvalue weighted by Crippen LogP contribution is 2.15. The van der Waals surface area contributed by atoms with Gasteiger partial charge in [0.25, 0.3) is 0 Å². The number of rotatable bonds is 5. The molecule has 94 valence electrons. The van der Waals surface area contributed by atoms with E-state index < -0.39 is 5.41 Å². The Bertz CT molecular complexity index is 272. The molecule has 0 bridgehead atoms. The lowest BCUT2D eigenvalue weighted by Crippen LogP contribution is -2.44. The van der Waals surface area contributed by atoms with Crippen molar-refractivity contribution >= 4 is 11.7 Å². The molecule has 0 aliphatic rings. The van der Waals surface area contributed by atoms with Crippen LogP contribution in [-0.4, -0.2) is 23.5 Å². The zero-order valence-electron chi connectivity index (χ0n) is 10.7. The third-order valence-electron chi connectivity index (χ3n) is 2.92. The van der Waals surface area contributed by atoms with Crippen LogP contribution >= 0.6 is 0 Å². The van der Waals surface area contributed by atoms with Crippen molar-refractivity contribution in [2.45, 2.75) is 34.6 Å². The van der Waals surface area contributed by atoms with Gasteiger partial charge in [0.1, 0.15) is 5.84 Å². The number of oxime groups is 1. The van der Waals surface area contributed by atoms with Crippen LogP contribution < -0.4 is 11.1 Å². The third kappa shape index (κ3) is 4.08. The van der Waals surface area contributed by atoms with Crippen molar-refractivity contribution in [2.75, 3.05) is 6.54 Å². The third-order valence-corrected chi connectivity index (χ3v) is 2.92. The second-order valence-electron chi connectivity index (χ2n) is 5.12. The van der Waals surface area contributed by atoms with Crippen molar-refractivity contribution in [1.29, 1.82) is 0 Å². The van der Waals surface area contributed by atoms with Gasteiger partial charge in [0.2, 0.25) is 5.91 Å². The van der Waals surface area contributed by atoms with Crippen LogP contribution in [0.2, 0.25) is 0 Å². The second kappa shape index (κ2) is 5.72. The molecule has 0 aromatic rings. The Morgan fingerprint density at radius 3 is 2.31 bits per heavy atom. The lowest BCUT2D eigenvalue weighted by molar-refractivity contribution is -0.125. The van der Waals surface area contributed by atoms with E-state index in [9.17, 15) is 4.79 Å². The van der Waals surface area contributed by atoms with E-state index >= 15 is 0 Å². The van der Waals surface area contributed by atoms with E-state index in [0.717, 1.165) is 0 Å². The summed E-state index contributed by atoms with van der Waals surface area (Å²) in [4.78, 5) is 11.7. The van der Waals surface area contributed by atoms with Gasteiger partial charge in [-0.25, -0.2) is 0 Å². The summed E-state index contributed by atoms with van der Waals surface area (Å²) in [7, 11) is 0. The van der Waals surface area contributed by atoms with Crippen molar-refractivity contribution in [3.63, 3.8) is 0 Å². The first kappa shape index (κ1) is 14.7. The molecule has 0 spiro atoms. The molecule has 5 nitrogen and oxygen atoms in total. The highest BCUT2D eigenvalue weighted by Gasteiger charge is 2.25. The number of amides is 1. The van der Waals surface area contributed by atoms with E-state index in [1.54, 1.807) is 0 Å². The minimum absolute atomic E-state index is 0.00573. The monoisotopic (exact) mass is 229 g/mol. The van der Waals surface area contributed by atoms with Crippen LogP contribution in [0.25, 0.3) is 0 Å². The number of carbonyl (C=O) groups excluding carboxylic acids is 1. The molecule has 16 heavy (non-hydrogen) atoms. The molecule has 5 heteroatoms. The fourth-order valence-corrected chi connectivity index (χ4v) is 0.998. The lowest BCUT2D eigenvalue weighted by atomic mass is 9.91. The maximum Gasteiger partial charge on any atom is 0.223 e. The highest BCUT2D eigenvalue weighted by molar-refractivity contribution is 5.86. The average molecular weight is 229 g/mol. The maximum absolute atomic E-state index is 11.7. The van der Waals surface area contributed by atoms with Gasteiger partial charge in [0, 0.05) is 17.9 Å². The molecular weight excluding hydrogens is 206 g/mol. The lowest BCUT2D eigenvalue weighted by Gasteiger charge is -2.24. The molecule has 0 aromatic carbocycles. The Kier molecular flexibility index (Phi) is 5.27. The molecule has 4 N–H and O–H groups in total. The Morgan fingerprint density at radius 1 is 1.44 bits per heavy atom. The van der Waals surface area contributed by atoms with Crippen molar-refractivity contribution in [1.82, 2.24) is 5.32 Å². The first-order valence-electron chi connectivity index (χ1n) is 5.48. The molecule has 0 fully saturated rings. The van der Waals surface area contributed by atoms with Crippen molar-refractivity contribution in [3.8, 4) is 0 Å². The van der Waals surface area contributed by atoms with Crippen LogP contribution in [0.4, 0.5) is 0 Å². The van der Waals surface area contributed by atoms with E-state index in [4.69, 9.17) is 10.9 Å². The number of carbonyl (C=O) groups is 1. The van der Waals surface area contributed by atoms with E-state index in [1.807, 2.05) is 34.6 Å². The van der Waals surface area contributed by atoms with Crippen molar-refractivity contribution in [3.05, 3.63) is 0 Å². The van der Waals surface area contributed by atoms with E-state index in [1.165, 1.54) is 0 Å². The average Bonchev–Trinajstić information content (AvgIpc) is 2.23. The number of hydrogen-bond donors (Lipinski definition) is 3. The summed E-state index contributed by atoms with van der Waals surface area (Å²) < 4.78 is 0. The van der Waals surface area contributed by atoms with Crippen LogP contribution in [0.1, 0.15) is 34.6 Å². The zero-order chi connectivity index (χ0) is 12.9. The van der Waals surface area contributed by atoms with Gasteiger partial charge < -0.3 is 16.3 Å². The molecule has 0 saturated carbocycles. The first-order valence-corrected chi connectivity index (χ1v) is 5.48. The van der Waals surface area contributed by atoms with E-state index in [2.05, 4.69) is 10.5 Å². The van der Waals surface area contributed by atoms with Crippen LogP contribution in [0.15, 0.2) is 5.16 Å². The molecule has 1 amide bonds. The zero-order valence-corrected chi connectivity index (χ0v) is 10.7. The summed E-state index contributed by atoms with van der Waals surface area (Å²) in [5, 5.41) is 14.4. The summed E-state index contributed by atoms with van der Waals surface area (Å²) in [6, 6.07) is 0. The molecule has 1 atom stereocenters. The molecule has 0 aliphatic heterocycles. The summed E-state index contributed by atoms with van der Waals surface area (Å²) in [6.07, 6.45) is 0. The predicted molar refractivity (Wildman–Crippen MR) is 64.2 cm³/mol. The second-order valence-corrected chi connectivity index (χ2v) is 5.12. The molecular formula is C11H23N3O2. The van der Waals surface area contributed by atoms with Gasteiger partial charge in [-0.05, 0) is 5.92 Å². The maximum atomic E-state index is 11.7. The summed E-state index contributed by atoms with van der Waals surface area (Å²) in [5.41, 5.74) is 4.98. The first-order chi connectivity index (χ1) is 7.22. The summed E-state index contributed by atoms with van der Waals surface area (Å²) >= 11 is 0. The quantitative estimate of drug-likeness (QED) is 0.286. The largest absolute Gasteiger partial charge is 0.409 e. The predicted octanol–water partition coefficient (Wildman–Crippen LogP) is 1.17. The van der Waals surface area contributed by atoms with Gasteiger partial charge in [-0.15, -0.1) is 0 Å². The highest BCUT2D eigenvalue weighted by atomic mass is 16.4. The molecule has 0 radical (unpaired) electrons. The molecule has 0 aliphatic carbocycles. The molecule has 0 heterocycles. The summed E-state index contributed by atoms with van der Waals surface area (Å²) in [6.45, 7) is 9.86. The van der Waals surface area contributed by atoms with Gasteiger partial charge >= 0.3 is 0 Å². The normalized spacial score (nSPS) is 15.0. The molecule has 0 aromatic heterocycles. The number of amidine groups is 1. The van der Waals surface area contributed by atoms with E-state index in [0.29, 0.717) is 12.5 Å². The van der Waals surface area contributed by atoms with Crippen molar-refractivity contribution in [2.24, 2.45) is 28.1 Å². The SMILES string of the molecule is CC(C)C(C)C(=O)NCC(C)(C)C(N)=NO. The van der Waals surface area contributed by atoms with Gasteiger partial charge in [-0.3, -0.25) is 4.79 Å². The van der Waals surface area contributed by atoms with Gasteiger partial charge in [0.05, 0.1) is 0 Å². The Labute approximate surface area is 97.1 Å². The number of nitrogens with two attached hydrogens (primary N) is 1. The van der Waals surface area contributed by atoms with Gasteiger partial charge in [-0.2, -0.15) is 0 Å². The fraction of sp³-hybridized carbons (Fsp3) is 0.818. The fourth-order valence-electron chi connectivity index (χ4n) is 0.998. The topological polar surface area (TPSA) is 87.7 Å². The minimum Gasteiger partial charge on any atom is -0.409 e. The van der Waals surface area contributed by atoms with E-state index in [-0.39, 0.29) is 17.7 Å². The number of nitrogens with zero attached hydrogens (tertiary/aromatic N) is 1. The minimum atomic E-state index is -0.541. The van der Waals surface area contributed by atoms with Crippen LogP contribution in [-0.2, 0) is 4.79 Å². The standard InChI is InChI=1S/C11H23N3O2/c1-7(2)8(3)9(15)13-6-11(4,5)10(12)14-16/h7-8,16H,6H2,1-5H3,(H2,12,14)(H,13,15). The molecule has 0 saturated heterocycles. The van der Waals surface area contributed by atoms with Crippen LogP contribution in [0.3, 0.4) is 0 Å². The van der Waals surface area contributed by atoms with Gasteiger partial charge in [0.15, 0.2) is 0 Å². The summed E-state index contributed by atoms with van der Waals surface area (Å²) in [5.74, 6) is 0.369. The van der Waals surface area contributed by atoms with Crippen LogP contribution in [0.5, 0.6) is 0 Å².